The van der Waals surface area contributed by atoms with Crippen molar-refractivity contribution in [3.05, 3.63) is 35.9 Å². The molecule has 0 aliphatic carbocycles. The number of nitrogens with zero attached hydrogens (tertiary/aromatic N) is 1. The van der Waals surface area contributed by atoms with Crippen molar-refractivity contribution in [2.24, 2.45) is 16.5 Å². The number of guanidine groups is 1. The minimum atomic E-state index is -0.709. The van der Waals surface area contributed by atoms with E-state index in [4.69, 9.17) is 20.9 Å². The summed E-state index contributed by atoms with van der Waals surface area (Å²) < 4.78 is 10.0. The van der Waals surface area contributed by atoms with E-state index in [0.717, 1.165) is 5.56 Å². The van der Waals surface area contributed by atoms with Gasteiger partial charge in [-0.05, 0) is 12.0 Å². The van der Waals surface area contributed by atoms with Gasteiger partial charge in [-0.1, -0.05) is 30.3 Å². The van der Waals surface area contributed by atoms with E-state index in [1.165, 1.54) is 0 Å². The number of methoxy groups -OCH3 is 1. The quantitative estimate of drug-likeness (QED) is 0.256. The number of carbonyl (C=O) groups is 1. The summed E-state index contributed by atoms with van der Waals surface area (Å²) in [6, 6.07) is 8.73. The zero-order valence-corrected chi connectivity index (χ0v) is 12.8. The molecule has 0 bridgehead atoms. The highest BCUT2D eigenvalue weighted by Gasteiger charge is 2.14. The summed E-state index contributed by atoms with van der Waals surface area (Å²) in [5.74, 6) is -0.133. The summed E-state index contributed by atoms with van der Waals surface area (Å²) in [7, 11) is 1.61. The number of rotatable bonds is 9. The molecule has 1 aromatic carbocycles. The number of esters is 1. The Kier molecular flexibility index (Phi) is 8.63. The number of hydrogen-bond acceptors (Lipinski definition) is 5. The summed E-state index contributed by atoms with van der Waals surface area (Å²) in [5, 5.41) is 2.88. The highest BCUT2D eigenvalue weighted by Crippen LogP contribution is 2.02. The van der Waals surface area contributed by atoms with Crippen molar-refractivity contribution < 1.29 is 14.3 Å². The van der Waals surface area contributed by atoms with Crippen molar-refractivity contribution >= 4 is 11.9 Å². The Morgan fingerprint density at radius 1 is 1.36 bits per heavy atom. The Bertz CT molecular complexity index is 465. The van der Waals surface area contributed by atoms with Gasteiger partial charge < -0.3 is 26.3 Å². The van der Waals surface area contributed by atoms with Crippen LogP contribution in [0.3, 0.4) is 0 Å². The Balaban J connectivity index is 2.22. The van der Waals surface area contributed by atoms with Gasteiger partial charge in [0, 0.05) is 20.2 Å². The maximum Gasteiger partial charge on any atom is 0.323 e. The second-order valence-electron chi connectivity index (χ2n) is 4.68. The van der Waals surface area contributed by atoms with Crippen molar-refractivity contribution in [3.63, 3.8) is 0 Å². The van der Waals surface area contributed by atoms with E-state index in [9.17, 15) is 4.79 Å². The molecular formula is C15H24N4O3. The lowest BCUT2D eigenvalue weighted by molar-refractivity contribution is -0.146. The third-order valence-electron chi connectivity index (χ3n) is 2.86. The number of benzene rings is 1. The molecule has 0 heterocycles. The number of hydrogen-bond donors (Lipinski definition) is 3. The maximum absolute atomic E-state index is 11.7. The number of ether oxygens (including phenoxy) is 2. The molecular weight excluding hydrogens is 284 g/mol. The number of carbonyl (C=O) groups excluding carboxylic acids is 1. The van der Waals surface area contributed by atoms with Gasteiger partial charge in [0.2, 0.25) is 0 Å². The first-order chi connectivity index (χ1) is 10.6. The zero-order chi connectivity index (χ0) is 16.2. The van der Waals surface area contributed by atoms with Gasteiger partial charge >= 0.3 is 5.97 Å². The molecule has 0 saturated carbocycles. The molecule has 5 N–H and O–H groups in total. The number of aliphatic imine (C=N–C) groups is 1. The largest absolute Gasteiger partial charge is 0.460 e. The minimum Gasteiger partial charge on any atom is -0.460 e. The first-order valence-corrected chi connectivity index (χ1v) is 7.12. The van der Waals surface area contributed by atoms with Gasteiger partial charge in [0.05, 0.1) is 6.61 Å². The molecule has 0 spiro atoms. The molecule has 1 unspecified atom stereocenters. The van der Waals surface area contributed by atoms with Crippen LogP contribution < -0.4 is 16.8 Å². The SMILES string of the molecule is COCCNC(N)=NCCC(N)C(=O)OCc1ccccc1. The van der Waals surface area contributed by atoms with Crippen molar-refractivity contribution in [2.45, 2.75) is 19.1 Å². The second kappa shape index (κ2) is 10.6. The lowest BCUT2D eigenvalue weighted by Crippen LogP contribution is -2.35. The second-order valence-corrected chi connectivity index (χ2v) is 4.68. The average molecular weight is 308 g/mol. The van der Waals surface area contributed by atoms with Crippen molar-refractivity contribution in [1.29, 1.82) is 0 Å². The lowest BCUT2D eigenvalue weighted by atomic mass is 10.2. The van der Waals surface area contributed by atoms with E-state index >= 15 is 0 Å². The fourth-order valence-corrected chi connectivity index (χ4v) is 1.61. The van der Waals surface area contributed by atoms with Gasteiger partial charge in [-0.25, -0.2) is 0 Å². The molecule has 0 saturated heterocycles. The fraction of sp³-hybridized carbons (Fsp3) is 0.467. The van der Waals surface area contributed by atoms with E-state index in [-0.39, 0.29) is 6.61 Å². The van der Waals surface area contributed by atoms with Gasteiger partial charge in [0.15, 0.2) is 5.96 Å². The average Bonchev–Trinajstić information content (AvgIpc) is 2.53. The molecule has 22 heavy (non-hydrogen) atoms. The van der Waals surface area contributed by atoms with Gasteiger partial charge in [-0.2, -0.15) is 0 Å². The van der Waals surface area contributed by atoms with E-state index in [1.807, 2.05) is 30.3 Å². The van der Waals surface area contributed by atoms with Crippen molar-refractivity contribution in [3.8, 4) is 0 Å². The fourth-order valence-electron chi connectivity index (χ4n) is 1.61. The normalized spacial score (nSPS) is 12.7. The Morgan fingerprint density at radius 3 is 2.77 bits per heavy atom. The van der Waals surface area contributed by atoms with Crippen LogP contribution in [-0.2, 0) is 20.9 Å². The lowest BCUT2D eigenvalue weighted by Gasteiger charge is -2.11. The molecule has 0 amide bonds. The Labute approximate surface area is 130 Å². The number of nitrogens with two attached hydrogens (primary N) is 2. The Morgan fingerprint density at radius 2 is 2.09 bits per heavy atom. The van der Waals surface area contributed by atoms with Crippen LogP contribution in [0.15, 0.2) is 35.3 Å². The molecule has 1 aromatic rings. The molecule has 7 heteroatoms. The van der Waals surface area contributed by atoms with E-state index in [1.54, 1.807) is 7.11 Å². The maximum atomic E-state index is 11.7. The standard InChI is InChI=1S/C15H24N4O3/c1-21-10-9-19-15(17)18-8-7-13(16)14(20)22-11-12-5-3-2-4-6-12/h2-6,13H,7-11,16H2,1H3,(H3,17,18,19). The molecule has 0 aliphatic heterocycles. The molecule has 0 radical (unpaired) electrons. The van der Waals surface area contributed by atoms with Gasteiger partial charge in [-0.15, -0.1) is 0 Å². The molecule has 0 aromatic heterocycles. The van der Waals surface area contributed by atoms with Crippen LogP contribution in [-0.4, -0.2) is 44.8 Å². The highest BCUT2D eigenvalue weighted by atomic mass is 16.5. The monoisotopic (exact) mass is 308 g/mol. The predicted molar refractivity (Wildman–Crippen MR) is 85.2 cm³/mol. The van der Waals surface area contributed by atoms with E-state index in [2.05, 4.69) is 10.3 Å². The van der Waals surface area contributed by atoms with E-state index in [0.29, 0.717) is 32.1 Å². The molecule has 1 atom stereocenters. The van der Waals surface area contributed by atoms with Gasteiger partial charge in [0.1, 0.15) is 12.6 Å². The minimum absolute atomic E-state index is 0.220. The smallest absolute Gasteiger partial charge is 0.323 e. The first-order valence-electron chi connectivity index (χ1n) is 7.12. The van der Waals surface area contributed by atoms with Gasteiger partial charge in [-0.3, -0.25) is 9.79 Å². The van der Waals surface area contributed by atoms with Gasteiger partial charge in [0.25, 0.3) is 0 Å². The third-order valence-corrected chi connectivity index (χ3v) is 2.86. The van der Waals surface area contributed by atoms with Crippen LogP contribution in [0.4, 0.5) is 0 Å². The highest BCUT2D eigenvalue weighted by molar-refractivity contribution is 5.78. The predicted octanol–water partition coefficient (Wildman–Crippen LogP) is -0.00210. The third kappa shape index (κ3) is 7.61. The topological polar surface area (TPSA) is 112 Å². The van der Waals surface area contributed by atoms with Crippen molar-refractivity contribution in [1.82, 2.24) is 5.32 Å². The van der Waals surface area contributed by atoms with Crippen molar-refractivity contribution in [2.75, 3.05) is 26.8 Å². The summed E-state index contributed by atoms with van der Waals surface area (Å²) in [6.07, 6.45) is 0.375. The van der Waals surface area contributed by atoms with Crippen LogP contribution in [0, 0.1) is 0 Å². The number of nitrogens with one attached hydrogen (secondary N) is 1. The van der Waals surface area contributed by atoms with E-state index < -0.39 is 12.0 Å². The molecule has 7 nitrogen and oxygen atoms in total. The van der Waals surface area contributed by atoms with Crippen LogP contribution in [0.1, 0.15) is 12.0 Å². The summed E-state index contributed by atoms with van der Waals surface area (Å²) >= 11 is 0. The van der Waals surface area contributed by atoms with Crippen LogP contribution in [0.5, 0.6) is 0 Å². The van der Waals surface area contributed by atoms with Crippen LogP contribution in [0.2, 0.25) is 0 Å². The first kappa shape index (κ1) is 17.9. The Hall–Kier alpha value is -2.12. The molecule has 1 rings (SSSR count). The molecule has 0 aliphatic rings. The van der Waals surface area contributed by atoms with Crippen LogP contribution >= 0.6 is 0 Å². The van der Waals surface area contributed by atoms with Crippen LogP contribution in [0.25, 0.3) is 0 Å². The summed E-state index contributed by atoms with van der Waals surface area (Å²) in [4.78, 5) is 15.8. The summed E-state index contributed by atoms with van der Waals surface area (Å²) in [5.41, 5.74) is 12.3. The molecule has 122 valence electrons. The summed E-state index contributed by atoms with van der Waals surface area (Å²) in [6.45, 7) is 1.70. The zero-order valence-electron chi connectivity index (χ0n) is 12.8. The molecule has 0 fully saturated rings.